The van der Waals surface area contributed by atoms with Gasteiger partial charge in [0.05, 0.1) is 6.20 Å². The molecular weight excluding hydrogens is 256 g/mol. The second-order valence-electron chi connectivity index (χ2n) is 3.02. The highest BCUT2D eigenvalue weighted by Crippen LogP contribution is 2.12. The predicted octanol–water partition coefficient (Wildman–Crippen LogP) is 0.352. The molecule has 15 heavy (non-hydrogen) atoms. The van der Waals surface area contributed by atoms with Crippen LogP contribution in [0.5, 0.6) is 0 Å². The van der Waals surface area contributed by atoms with E-state index in [1.807, 2.05) is 0 Å². The quantitative estimate of drug-likeness (QED) is 0.610. The standard InChI is InChI=1S/C6H10N4O2S3/c1-4(2)10-5(3-7-9-10)15(11,12)8-6(13)14/h3-4H,1-2H3,(H2,8,13,14). The number of sulfonamides is 1. The Morgan fingerprint density at radius 3 is 2.73 bits per heavy atom. The minimum Gasteiger partial charge on any atom is -0.263 e. The summed E-state index contributed by atoms with van der Waals surface area (Å²) in [5.41, 5.74) is 0. The van der Waals surface area contributed by atoms with Crippen molar-refractivity contribution >= 4 is 39.2 Å². The predicted molar refractivity (Wildman–Crippen MR) is 62.3 cm³/mol. The Bertz CT molecular complexity index is 464. The molecule has 1 heterocycles. The maximum Gasteiger partial charge on any atom is 0.281 e. The van der Waals surface area contributed by atoms with Gasteiger partial charge in [0.15, 0.2) is 5.03 Å². The third-order valence-electron chi connectivity index (χ3n) is 1.53. The molecule has 0 aliphatic rings. The first-order valence-electron chi connectivity index (χ1n) is 4.00. The number of nitrogens with one attached hydrogen (secondary N) is 1. The second-order valence-corrected chi connectivity index (χ2v) is 5.81. The fourth-order valence-electron chi connectivity index (χ4n) is 0.952. The lowest BCUT2D eigenvalue weighted by molar-refractivity contribution is 0.466. The fourth-order valence-corrected chi connectivity index (χ4v) is 2.66. The van der Waals surface area contributed by atoms with Crippen LogP contribution in [-0.4, -0.2) is 27.7 Å². The normalized spacial score (nSPS) is 11.7. The Morgan fingerprint density at radius 1 is 1.67 bits per heavy atom. The topological polar surface area (TPSA) is 76.9 Å². The van der Waals surface area contributed by atoms with Crippen molar-refractivity contribution in [2.45, 2.75) is 24.9 Å². The molecule has 0 atom stereocenters. The van der Waals surface area contributed by atoms with Crippen molar-refractivity contribution in [2.75, 3.05) is 0 Å². The summed E-state index contributed by atoms with van der Waals surface area (Å²) < 4.78 is 26.6. The van der Waals surface area contributed by atoms with Crippen LogP contribution in [0.3, 0.4) is 0 Å². The first kappa shape index (κ1) is 12.4. The van der Waals surface area contributed by atoms with E-state index in [-0.39, 0.29) is 15.4 Å². The molecule has 9 heteroatoms. The smallest absolute Gasteiger partial charge is 0.263 e. The Balaban J connectivity index is 3.16. The van der Waals surface area contributed by atoms with Crippen LogP contribution < -0.4 is 4.72 Å². The zero-order valence-corrected chi connectivity index (χ0v) is 10.6. The summed E-state index contributed by atoms with van der Waals surface area (Å²) in [6.45, 7) is 3.60. The summed E-state index contributed by atoms with van der Waals surface area (Å²) in [5.74, 6) is 0. The van der Waals surface area contributed by atoms with Gasteiger partial charge in [-0.25, -0.2) is 4.68 Å². The molecule has 0 bridgehead atoms. The van der Waals surface area contributed by atoms with Gasteiger partial charge < -0.3 is 0 Å². The molecule has 0 aliphatic carbocycles. The molecule has 84 valence electrons. The molecule has 0 aliphatic heterocycles. The number of hydrogen-bond acceptors (Lipinski definition) is 5. The third kappa shape index (κ3) is 2.89. The number of aromatic nitrogens is 3. The fraction of sp³-hybridized carbons (Fsp3) is 0.500. The molecule has 0 unspecified atom stereocenters. The zero-order chi connectivity index (χ0) is 11.6. The Morgan fingerprint density at radius 2 is 2.27 bits per heavy atom. The lowest BCUT2D eigenvalue weighted by atomic mass is 10.4. The molecule has 1 N–H and O–H groups in total. The summed E-state index contributed by atoms with van der Waals surface area (Å²) in [6.07, 6.45) is 1.16. The van der Waals surface area contributed by atoms with Crippen molar-refractivity contribution in [3.8, 4) is 0 Å². The van der Waals surface area contributed by atoms with Gasteiger partial charge in [-0.2, -0.15) is 8.42 Å². The van der Waals surface area contributed by atoms with E-state index in [4.69, 9.17) is 0 Å². The van der Waals surface area contributed by atoms with Crippen molar-refractivity contribution in [3.05, 3.63) is 6.20 Å². The Hall–Kier alpha value is -0.670. The molecule has 1 aromatic rings. The van der Waals surface area contributed by atoms with E-state index in [0.29, 0.717) is 0 Å². The van der Waals surface area contributed by atoms with Crippen molar-refractivity contribution < 1.29 is 8.42 Å². The molecule has 0 fully saturated rings. The summed E-state index contributed by atoms with van der Waals surface area (Å²) in [7, 11) is -3.72. The lowest BCUT2D eigenvalue weighted by Gasteiger charge is -2.10. The highest BCUT2D eigenvalue weighted by Gasteiger charge is 2.21. The van der Waals surface area contributed by atoms with Crippen molar-refractivity contribution in [1.29, 1.82) is 0 Å². The van der Waals surface area contributed by atoms with Gasteiger partial charge in [0.25, 0.3) is 10.0 Å². The van der Waals surface area contributed by atoms with Crippen molar-refractivity contribution in [1.82, 2.24) is 19.7 Å². The molecule has 0 saturated heterocycles. The van der Waals surface area contributed by atoms with Crippen LogP contribution in [0.2, 0.25) is 0 Å². The number of nitrogens with zero attached hydrogens (tertiary/aromatic N) is 3. The van der Waals surface area contributed by atoms with Crippen LogP contribution in [0.15, 0.2) is 11.2 Å². The van der Waals surface area contributed by atoms with Crippen molar-refractivity contribution in [2.24, 2.45) is 0 Å². The lowest BCUT2D eigenvalue weighted by Crippen LogP contribution is -2.28. The number of hydrogen-bond donors (Lipinski definition) is 2. The van der Waals surface area contributed by atoms with Crippen LogP contribution in [0, 0.1) is 0 Å². The number of thiol groups is 1. The summed E-state index contributed by atoms with van der Waals surface area (Å²) in [5, 5.41) is 7.18. The van der Waals surface area contributed by atoms with Gasteiger partial charge in [-0.15, -0.1) is 17.7 Å². The van der Waals surface area contributed by atoms with E-state index in [9.17, 15) is 8.42 Å². The maximum atomic E-state index is 11.7. The van der Waals surface area contributed by atoms with Crippen LogP contribution >= 0.6 is 24.8 Å². The van der Waals surface area contributed by atoms with E-state index in [2.05, 4.69) is 39.9 Å². The van der Waals surface area contributed by atoms with Gasteiger partial charge >= 0.3 is 0 Å². The van der Waals surface area contributed by atoms with E-state index < -0.39 is 10.0 Å². The number of thiocarbonyl (C=S) groups is 1. The second kappa shape index (κ2) is 4.45. The minimum atomic E-state index is -3.72. The van der Waals surface area contributed by atoms with Gasteiger partial charge in [-0.05, 0) is 13.8 Å². The van der Waals surface area contributed by atoms with Crippen molar-refractivity contribution in [3.63, 3.8) is 0 Å². The molecule has 0 aromatic carbocycles. The van der Waals surface area contributed by atoms with Gasteiger partial charge in [0.1, 0.15) is 4.32 Å². The van der Waals surface area contributed by atoms with Crippen LogP contribution in [-0.2, 0) is 10.0 Å². The third-order valence-corrected chi connectivity index (χ3v) is 3.34. The van der Waals surface area contributed by atoms with Crippen LogP contribution in [0.25, 0.3) is 0 Å². The van der Waals surface area contributed by atoms with Crippen LogP contribution in [0.4, 0.5) is 0 Å². The summed E-state index contributed by atoms with van der Waals surface area (Å²) >= 11 is 8.25. The maximum absolute atomic E-state index is 11.7. The summed E-state index contributed by atoms with van der Waals surface area (Å²) in [6, 6.07) is -0.104. The van der Waals surface area contributed by atoms with Gasteiger partial charge in [0.2, 0.25) is 0 Å². The van der Waals surface area contributed by atoms with E-state index in [0.717, 1.165) is 6.20 Å². The van der Waals surface area contributed by atoms with Gasteiger partial charge in [0, 0.05) is 6.04 Å². The average Bonchev–Trinajstić information content (AvgIpc) is 2.48. The molecular formula is C6H10N4O2S3. The van der Waals surface area contributed by atoms with Gasteiger partial charge in [-0.3, -0.25) is 4.72 Å². The first-order valence-corrected chi connectivity index (χ1v) is 6.34. The molecule has 1 rings (SSSR count). The molecule has 6 nitrogen and oxygen atoms in total. The average molecular weight is 266 g/mol. The van der Waals surface area contributed by atoms with Crippen LogP contribution in [0.1, 0.15) is 19.9 Å². The Labute approximate surface area is 98.5 Å². The first-order chi connectivity index (χ1) is 6.84. The van der Waals surface area contributed by atoms with E-state index in [1.165, 1.54) is 4.68 Å². The SMILES string of the molecule is CC(C)n1nncc1S(=O)(=O)NC(=S)S. The highest BCUT2D eigenvalue weighted by molar-refractivity contribution is 8.12. The molecule has 0 spiro atoms. The van der Waals surface area contributed by atoms with E-state index in [1.54, 1.807) is 13.8 Å². The Kier molecular flexibility index (Phi) is 3.68. The summed E-state index contributed by atoms with van der Waals surface area (Å²) in [4.78, 5) is 0. The molecule has 0 amide bonds. The van der Waals surface area contributed by atoms with Gasteiger partial charge in [-0.1, -0.05) is 17.4 Å². The molecule has 1 aromatic heterocycles. The zero-order valence-electron chi connectivity index (χ0n) is 8.08. The largest absolute Gasteiger partial charge is 0.281 e. The molecule has 0 radical (unpaired) electrons. The monoisotopic (exact) mass is 266 g/mol. The minimum absolute atomic E-state index is 0.0334. The highest BCUT2D eigenvalue weighted by atomic mass is 32.2. The molecule has 0 saturated carbocycles. The van der Waals surface area contributed by atoms with E-state index >= 15 is 0 Å². The number of rotatable bonds is 3.